The second-order valence-electron chi connectivity index (χ2n) is 5.68. The maximum atomic E-state index is 10.7. The van der Waals surface area contributed by atoms with Crippen LogP contribution in [-0.2, 0) is 4.74 Å². The molecule has 0 aromatic heterocycles. The van der Waals surface area contributed by atoms with Gasteiger partial charge in [-0.1, -0.05) is 49.1 Å². The van der Waals surface area contributed by atoms with E-state index in [0.717, 1.165) is 5.56 Å². The van der Waals surface area contributed by atoms with Gasteiger partial charge in [-0.2, -0.15) is 0 Å². The molecular weight excluding hydrogens is 236 g/mol. The molecule has 1 saturated carbocycles. The van der Waals surface area contributed by atoms with Gasteiger partial charge in [0, 0.05) is 6.61 Å². The van der Waals surface area contributed by atoms with Crippen LogP contribution < -0.4 is 0 Å². The SMILES string of the molecule is CCOC(C1CCCCC1)C(O)c1cccc(C)c1. The van der Waals surface area contributed by atoms with E-state index in [2.05, 4.69) is 19.1 Å². The van der Waals surface area contributed by atoms with Gasteiger partial charge in [0.05, 0.1) is 6.10 Å². The van der Waals surface area contributed by atoms with Crippen molar-refractivity contribution < 1.29 is 9.84 Å². The third kappa shape index (κ3) is 3.80. The van der Waals surface area contributed by atoms with Crippen LogP contribution in [0.5, 0.6) is 0 Å². The zero-order valence-electron chi connectivity index (χ0n) is 12.1. The first-order chi connectivity index (χ1) is 9.22. The summed E-state index contributed by atoms with van der Waals surface area (Å²) in [6.07, 6.45) is 5.70. The Morgan fingerprint density at radius 2 is 2.00 bits per heavy atom. The summed E-state index contributed by atoms with van der Waals surface area (Å²) in [5.74, 6) is 0.504. The fourth-order valence-corrected chi connectivity index (χ4v) is 3.18. The average molecular weight is 262 g/mol. The number of hydrogen-bond donors (Lipinski definition) is 1. The van der Waals surface area contributed by atoms with Crippen LogP contribution in [0.2, 0.25) is 0 Å². The van der Waals surface area contributed by atoms with Crippen LogP contribution >= 0.6 is 0 Å². The minimum absolute atomic E-state index is 0.0490. The lowest BCUT2D eigenvalue weighted by atomic mass is 9.81. The first-order valence-electron chi connectivity index (χ1n) is 7.58. The van der Waals surface area contributed by atoms with Crippen LogP contribution in [0.1, 0.15) is 56.3 Å². The number of hydrogen-bond acceptors (Lipinski definition) is 2. The zero-order valence-corrected chi connectivity index (χ0v) is 12.1. The molecular formula is C17H26O2. The van der Waals surface area contributed by atoms with Crippen molar-refractivity contribution in [2.45, 2.75) is 58.2 Å². The minimum Gasteiger partial charge on any atom is -0.386 e. The smallest absolute Gasteiger partial charge is 0.105 e. The molecule has 0 spiro atoms. The molecule has 1 aliphatic rings. The summed E-state index contributed by atoms with van der Waals surface area (Å²) in [7, 11) is 0. The molecule has 2 rings (SSSR count). The normalized spacial score (nSPS) is 20.2. The molecule has 2 unspecified atom stereocenters. The largest absolute Gasteiger partial charge is 0.386 e. The molecule has 1 N–H and O–H groups in total. The van der Waals surface area contributed by atoms with Gasteiger partial charge in [-0.15, -0.1) is 0 Å². The van der Waals surface area contributed by atoms with Crippen molar-refractivity contribution in [1.82, 2.24) is 0 Å². The molecule has 0 bridgehead atoms. The number of rotatable bonds is 5. The topological polar surface area (TPSA) is 29.5 Å². The van der Waals surface area contributed by atoms with Crippen molar-refractivity contribution in [2.75, 3.05) is 6.61 Å². The van der Waals surface area contributed by atoms with Gasteiger partial charge in [-0.3, -0.25) is 0 Å². The Hall–Kier alpha value is -0.860. The lowest BCUT2D eigenvalue weighted by molar-refractivity contribution is -0.0739. The molecule has 1 fully saturated rings. The maximum Gasteiger partial charge on any atom is 0.105 e. The van der Waals surface area contributed by atoms with Gasteiger partial charge in [-0.25, -0.2) is 0 Å². The summed E-state index contributed by atoms with van der Waals surface area (Å²) in [5, 5.41) is 10.7. The van der Waals surface area contributed by atoms with E-state index in [1.54, 1.807) is 0 Å². The second-order valence-corrected chi connectivity index (χ2v) is 5.68. The van der Waals surface area contributed by atoms with Crippen molar-refractivity contribution in [3.8, 4) is 0 Å². The minimum atomic E-state index is -0.497. The highest BCUT2D eigenvalue weighted by Gasteiger charge is 2.30. The highest BCUT2D eigenvalue weighted by Crippen LogP contribution is 2.34. The monoisotopic (exact) mass is 262 g/mol. The standard InChI is InChI=1S/C17H26O2/c1-3-19-17(14-9-5-4-6-10-14)16(18)15-11-7-8-13(2)12-15/h7-8,11-12,14,16-18H,3-6,9-10H2,1-2H3. The van der Waals surface area contributed by atoms with E-state index in [0.29, 0.717) is 12.5 Å². The van der Waals surface area contributed by atoms with Crippen LogP contribution in [0.25, 0.3) is 0 Å². The van der Waals surface area contributed by atoms with Gasteiger partial charge in [0.1, 0.15) is 6.10 Å². The number of aryl methyl sites for hydroxylation is 1. The maximum absolute atomic E-state index is 10.7. The summed E-state index contributed by atoms with van der Waals surface area (Å²) >= 11 is 0. The molecule has 0 saturated heterocycles. The lowest BCUT2D eigenvalue weighted by Gasteiger charge is -2.33. The molecule has 2 heteroatoms. The fourth-order valence-electron chi connectivity index (χ4n) is 3.18. The van der Waals surface area contributed by atoms with Gasteiger partial charge in [-0.05, 0) is 38.2 Å². The van der Waals surface area contributed by atoms with E-state index >= 15 is 0 Å². The summed E-state index contributed by atoms with van der Waals surface area (Å²) in [5.41, 5.74) is 2.18. The Bertz CT molecular complexity index is 383. The van der Waals surface area contributed by atoms with Gasteiger partial charge < -0.3 is 9.84 Å². The third-order valence-corrected chi connectivity index (χ3v) is 4.17. The van der Waals surface area contributed by atoms with E-state index in [9.17, 15) is 5.11 Å². The van der Waals surface area contributed by atoms with Gasteiger partial charge >= 0.3 is 0 Å². The van der Waals surface area contributed by atoms with E-state index in [-0.39, 0.29) is 6.10 Å². The predicted octanol–water partition coefficient (Wildman–Crippen LogP) is 4.01. The highest BCUT2D eigenvalue weighted by atomic mass is 16.5. The molecule has 2 nitrogen and oxygen atoms in total. The number of aliphatic hydroxyl groups is 1. The molecule has 2 atom stereocenters. The van der Waals surface area contributed by atoms with Crippen LogP contribution in [0, 0.1) is 12.8 Å². The van der Waals surface area contributed by atoms with Crippen LogP contribution in [0.3, 0.4) is 0 Å². The summed E-state index contributed by atoms with van der Waals surface area (Å²) in [4.78, 5) is 0. The summed E-state index contributed by atoms with van der Waals surface area (Å²) in [6, 6.07) is 8.15. The molecule has 1 aliphatic carbocycles. The Labute approximate surface area is 116 Å². The van der Waals surface area contributed by atoms with Crippen molar-refractivity contribution in [3.05, 3.63) is 35.4 Å². The van der Waals surface area contributed by atoms with E-state index in [1.807, 2.05) is 19.1 Å². The van der Waals surface area contributed by atoms with Gasteiger partial charge in [0.25, 0.3) is 0 Å². The second kappa shape index (κ2) is 7.06. The summed E-state index contributed by atoms with van der Waals surface area (Å²) in [6.45, 7) is 4.75. The Morgan fingerprint density at radius 1 is 1.26 bits per heavy atom. The Kier molecular flexibility index (Phi) is 5.41. The first kappa shape index (κ1) is 14.5. The van der Waals surface area contributed by atoms with Crippen LogP contribution in [-0.4, -0.2) is 17.8 Å². The number of aliphatic hydroxyl groups excluding tert-OH is 1. The van der Waals surface area contributed by atoms with Gasteiger partial charge in [0.15, 0.2) is 0 Å². The molecule has 19 heavy (non-hydrogen) atoms. The lowest BCUT2D eigenvalue weighted by Crippen LogP contribution is -2.32. The molecule has 1 aromatic carbocycles. The highest BCUT2D eigenvalue weighted by molar-refractivity contribution is 5.25. The van der Waals surface area contributed by atoms with Crippen molar-refractivity contribution in [3.63, 3.8) is 0 Å². The molecule has 0 aliphatic heterocycles. The van der Waals surface area contributed by atoms with E-state index in [1.165, 1.54) is 37.7 Å². The fraction of sp³-hybridized carbons (Fsp3) is 0.647. The average Bonchev–Trinajstić information content (AvgIpc) is 2.45. The molecule has 0 heterocycles. The van der Waals surface area contributed by atoms with Crippen molar-refractivity contribution >= 4 is 0 Å². The van der Waals surface area contributed by atoms with Crippen molar-refractivity contribution in [1.29, 1.82) is 0 Å². The number of benzene rings is 1. The van der Waals surface area contributed by atoms with Crippen LogP contribution in [0.15, 0.2) is 24.3 Å². The Balaban J connectivity index is 2.12. The Morgan fingerprint density at radius 3 is 2.63 bits per heavy atom. The van der Waals surface area contributed by atoms with E-state index < -0.39 is 6.10 Å². The summed E-state index contributed by atoms with van der Waals surface area (Å²) < 4.78 is 5.89. The first-order valence-corrected chi connectivity index (χ1v) is 7.58. The molecule has 106 valence electrons. The van der Waals surface area contributed by atoms with E-state index in [4.69, 9.17) is 4.74 Å². The predicted molar refractivity (Wildman–Crippen MR) is 78.1 cm³/mol. The van der Waals surface area contributed by atoms with Gasteiger partial charge in [0.2, 0.25) is 0 Å². The third-order valence-electron chi connectivity index (χ3n) is 4.17. The van der Waals surface area contributed by atoms with Crippen LogP contribution in [0.4, 0.5) is 0 Å². The zero-order chi connectivity index (χ0) is 13.7. The van der Waals surface area contributed by atoms with Crippen molar-refractivity contribution in [2.24, 2.45) is 5.92 Å². The molecule has 1 aromatic rings. The molecule has 0 amide bonds. The molecule has 0 radical (unpaired) electrons. The quantitative estimate of drug-likeness (QED) is 0.868. The number of ether oxygens (including phenoxy) is 1.